The Labute approximate surface area is 205 Å². The van der Waals surface area contributed by atoms with Gasteiger partial charge in [-0.25, -0.2) is 4.79 Å². The van der Waals surface area contributed by atoms with Crippen LogP contribution in [0.15, 0.2) is 24.3 Å². The molecule has 6 N–H and O–H groups in total. The third kappa shape index (κ3) is 4.19. The second-order valence-electron chi connectivity index (χ2n) is 9.50. The van der Waals surface area contributed by atoms with Gasteiger partial charge in [0.05, 0.1) is 24.7 Å². The number of benzene rings is 1. The van der Waals surface area contributed by atoms with E-state index in [4.69, 9.17) is 28.4 Å². The zero-order valence-corrected chi connectivity index (χ0v) is 19.3. The fourth-order valence-corrected chi connectivity index (χ4v) is 5.58. The summed E-state index contributed by atoms with van der Waals surface area (Å²) in [6, 6.07) is 5.56. The Hall–Kier alpha value is -1.91. The summed E-state index contributed by atoms with van der Waals surface area (Å²) in [6.45, 7) is -1.06. The zero-order chi connectivity index (χ0) is 25.8. The smallest absolute Gasteiger partial charge is 0.338 e. The molecule has 0 spiro atoms. The van der Waals surface area contributed by atoms with Crippen molar-refractivity contribution in [1.29, 1.82) is 0 Å². The Kier molecular flexibility index (Phi) is 6.97. The van der Waals surface area contributed by atoms with Gasteiger partial charge in [-0.3, -0.25) is 0 Å². The molecule has 1 aromatic carbocycles. The lowest BCUT2D eigenvalue weighted by molar-refractivity contribution is -0.379. The number of ether oxygens (including phenoxy) is 6. The number of rotatable bonds is 7. The highest BCUT2D eigenvalue weighted by molar-refractivity contribution is 5.89. The highest BCUT2D eigenvalue weighted by atomic mass is 16.8. The first-order chi connectivity index (χ1) is 17.2. The van der Waals surface area contributed by atoms with E-state index >= 15 is 0 Å². The third-order valence-corrected chi connectivity index (χ3v) is 7.53. The minimum Gasteiger partial charge on any atom is -0.508 e. The van der Waals surface area contributed by atoms with Crippen molar-refractivity contribution in [3.05, 3.63) is 29.8 Å². The Balaban J connectivity index is 1.38. The van der Waals surface area contributed by atoms with Crippen LogP contribution in [0.25, 0.3) is 0 Å². The Morgan fingerprint density at radius 3 is 2.42 bits per heavy atom. The summed E-state index contributed by atoms with van der Waals surface area (Å²) in [5.41, 5.74) is -0.932. The van der Waals surface area contributed by atoms with E-state index in [0.717, 1.165) is 0 Å². The minimum absolute atomic E-state index is 0.00199. The lowest BCUT2D eigenvalue weighted by Crippen LogP contribution is -2.61. The number of aliphatic hydroxyl groups excluding tert-OH is 5. The molecule has 0 bridgehead atoms. The van der Waals surface area contributed by atoms with E-state index in [1.165, 1.54) is 31.4 Å². The number of epoxide rings is 1. The van der Waals surface area contributed by atoms with Crippen molar-refractivity contribution in [1.82, 2.24) is 0 Å². The molecule has 1 saturated carbocycles. The summed E-state index contributed by atoms with van der Waals surface area (Å²) < 4.78 is 34.3. The molecular formula is C23H30O13. The maximum absolute atomic E-state index is 12.8. The number of carbonyl (C=O) groups excluding carboxylic acids is 1. The molecule has 0 radical (unpaired) electrons. The maximum Gasteiger partial charge on any atom is 0.338 e. The predicted molar refractivity (Wildman–Crippen MR) is 114 cm³/mol. The average Bonchev–Trinajstić information content (AvgIpc) is 3.56. The summed E-state index contributed by atoms with van der Waals surface area (Å²) in [7, 11) is 1.42. The number of methoxy groups -OCH3 is 1. The first-order valence-electron chi connectivity index (χ1n) is 11.7. The molecule has 4 aliphatic rings. The van der Waals surface area contributed by atoms with Gasteiger partial charge in [0, 0.05) is 19.4 Å². The molecule has 36 heavy (non-hydrogen) atoms. The fourth-order valence-electron chi connectivity index (χ4n) is 5.58. The van der Waals surface area contributed by atoms with Crippen molar-refractivity contribution in [2.45, 2.75) is 67.5 Å². The number of carbonyl (C=O) groups is 1. The molecule has 13 heteroatoms. The molecule has 1 unspecified atom stereocenters. The van der Waals surface area contributed by atoms with Crippen molar-refractivity contribution in [2.75, 3.05) is 20.3 Å². The summed E-state index contributed by atoms with van der Waals surface area (Å²) in [5, 5.41) is 59.8. The molecule has 12 atom stereocenters. The molecule has 5 rings (SSSR count). The van der Waals surface area contributed by atoms with Crippen LogP contribution in [0.2, 0.25) is 0 Å². The fraction of sp³-hybridized carbons (Fsp3) is 0.696. The molecule has 4 fully saturated rings. The van der Waals surface area contributed by atoms with Crippen molar-refractivity contribution in [3.8, 4) is 5.75 Å². The van der Waals surface area contributed by atoms with Crippen LogP contribution in [-0.4, -0.2) is 118 Å². The SMILES string of the molecule is CO[C@@H]1C[C@H]2[C@H](OC(=O)c3ccc(O)cc3)[C@@H]3O[C@]3(CO)[C@H]2[C@H](O[C@@H]2O[C@H](CO)[C@@H](O)C(O)[C@H]2O)O1. The van der Waals surface area contributed by atoms with Gasteiger partial charge < -0.3 is 59.1 Å². The highest BCUT2D eigenvalue weighted by Crippen LogP contribution is 2.62. The van der Waals surface area contributed by atoms with E-state index in [0.29, 0.717) is 0 Å². The van der Waals surface area contributed by atoms with Gasteiger partial charge in [-0.1, -0.05) is 0 Å². The third-order valence-electron chi connectivity index (χ3n) is 7.53. The lowest BCUT2D eigenvalue weighted by atomic mass is 9.82. The zero-order valence-electron chi connectivity index (χ0n) is 19.3. The molecule has 13 nitrogen and oxygen atoms in total. The number of hydrogen-bond acceptors (Lipinski definition) is 13. The van der Waals surface area contributed by atoms with Gasteiger partial charge in [0.1, 0.15) is 48.0 Å². The van der Waals surface area contributed by atoms with E-state index < -0.39 is 92.1 Å². The van der Waals surface area contributed by atoms with Gasteiger partial charge in [-0.15, -0.1) is 0 Å². The highest BCUT2D eigenvalue weighted by Gasteiger charge is 2.78. The molecule has 3 saturated heterocycles. The van der Waals surface area contributed by atoms with Crippen LogP contribution in [0.5, 0.6) is 5.75 Å². The van der Waals surface area contributed by atoms with Crippen molar-refractivity contribution in [2.24, 2.45) is 11.8 Å². The number of hydrogen-bond donors (Lipinski definition) is 6. The van der Waals surface area contributed by atoms with Crippen molar-refractivity contribution >= 4 is 5.97 Å². The standard InChI is InChI=1S/C23H30O13/c1-31-13-6-11-14(21(33-13)35-22-17(29)16(28)15(27)12(7-24)32-22)23(8-25)19(36-23)18(11)34-20(30)9-2-4-10(26)5-3-9/h2-5,11-19,21-22,24-29H,6-8H2,1H3/t11-,12-,13+,14-,15-,16?,17-,18+,19+,21+,22+,23-/m1/s1. The number of phenolic OH excluding ortho intramolecular Hbond substituents is 1. The van der Waals surface area contributed by atoms with E-state index in [2.05, 4.69) is 0 Å². The summed E-state index contributed by atoms with van der Waals surface area (Å²) in [5.74, 6) is -1.76. The van der Waals surface area contributed by atoms with E-state index in [9.17, 15) is 35.4 Å². The molecule has 3 aliphatic heterocycles. The van der Waals surface area contributed by atoms with Crippen LogP contribution in [0.4, 0.5) is 0 Å². The predicted octanol–water partition coefficient (Wildman–Crippen LogP) is -2.17. The van der Waals surface area contributed by atoms with Gasteiger partial charge in [0.2, 0.25) is 0 Å². The molecule has 1 aromatic rings. The van der Waals surface area contributed by atoms with Crippen LogP contribution in [-0.2, 0) is 28.4 Å². The van der Waals surface area contributed by atoms with Crippen LogP contribution in [0, 0.1) is 11.8 Å². The summed E-state index contributed by atoms with van der Waals surface area (Å²) in [6.07, 6.45) is -10.7. The number of fused-ring (bicyclic) bond motifs is 3. The van der Waals surface area contributed by atoms with Gasteiger partial charge in [0.25, 0.3) is 0 Å². The number of aromatic hydroxyl groups is 1. The Morgan fingerprint density at radius 1 is 1.06 bits per heavy atom. The Morgan fingerprint density at radius 2 is 1.78 bits per heavy atom. The minimum atomic E-state index is -1.67. The summed E-state index contributed by atoms with van der Waals surface area (Å²) >= 11 is 0. The second kappa shape index (κ2) is 9.76. The number of esters is 1. The normalized spacial score (nSPS) is 45.6. The first kappa shape index (κ1) is 25.7. The monoisotopic (exact) mass is 514 g/mol. The lowest BCUT2D eigenvalue weighted by Gasteiger charge is -2.45. The van der Waals surface area contributed by atoms with E-state index in [1.54, 1.807) is 0 Å². The molecular weight excluding hydrogens is 484 g/mol. The summed E-state index contributed by atoms with van der Waals surface area (Å²) in [4.78, 5) is 12.8. The van der Waals surface area contributed by atoms with E-state index in [-0.39, 0.29) is 17.7 Å². The topological polar surface area (TPSA) is 197 Å². The molecule has 3 heterocycles. The molecule has 0 amide bonds. The van der Waals surface area contributed by atoms with Crippen LogP contribution >= 0.6 is 0 Å². The van der Waals surface area contributed by atoms with Crippen LogP contribution in [0.1, 0.15) is 16.8 Å². The van der Waals surface area contributed by atoms with Gasteiger partial charge in [0.15, 0.2) is 18.9 Å². The molecule has 0 aromatic heterocycles. The van der Waals surface area contributed by atoms with Crippen molar-refractivity contribution in [3.63, 3.8) is 0 Å². The molecule has 200 valence electrons. The number of phenols is 1. The largest absolute Gasteiger partial charge is 0.508 e. The van der Waals surface area contributed by atoms with Crippen LogP contribution < -0.4 is 0 Å². The van der Waals surface area contributed by atoms with E-state index in [1.807, 2.05) is 0 Å². The van der Waals surface area contributed by atoms with Crippen molar-refractivity contribution < 1.29 is 63.9 Å². The molecule has 1 aliphatic carbocycles. The van der Waals surface area contributed by atoms with Gasteiger partial charge in [-0.05, 0) is 24.3 Å². The quantitative estimate of drug-likeness (QED) is 0.170. The second-order valence-corrected chi connectivity index (χ2v) is 9.50. The Bertz CT molecular complexity index is 940. The average molecular weight is 514 g/mol. The van der Waals surface area contributed by atoms with Gasteiger partial charge >= 0.3 is 5.97 Å². The maximum atomic E-state index is 12.8. The first-order valence-corrected chi connectivity index (χ1v) is 11.7. The number of aliphatic hydroxyl groups is 5. The van der Waals surface area contributed by atoms with Crippen LogP contribution in [0.3, 0.4) is 0 Å². The van der Waals surface area contributed by atoms with Gasteiger partial charge in [-0.2, -0.15) is 0 Å².